The van der Waals surface area contributed by atoms with E-state index in [1.807, 2.05) is 0 Å². The third-order valence-electron chi connectivity index (χ3n) is 3.20. The van der Waals surface area contributed by atoms with Crippen LogP contribution in [0.15, 0.2) is 11.8 Å². The lowest BCUT2D eigenvalue weighted by Gasteiger charge is -2.48. The van der Waals surface area contributed by atoms with Gasteiger partial charge in [0.15, 0.2) is 0 Å². The summed E-state index contributed by atoms with van der Waals surface area (Å²) >= 11 is -0.715. The van der Waals surface area contributed by atoms with Crippen molar-refractivity contribution in [1.29, 1.82) is 0 Å². The van der Waals surface area contributed by atoms with Gasteiger partial charge in [-0.2, -0.15) is 0 Å². The minimum atomic E-state index is -1.02. The molecule has 2 heterocycles. The van der Waals surface area contributed by atoms with E-state index < -0.39 is 17.1 Å². The molecule has 0 saturated carbocycles. The van der Waals surface area contributed by atoms with Crippen LogP contribution in [-0.2, 0) is 13.8 Å². The number of carboxylic acid groups (broad SMARTS) is 1. The molecule has 18 heavy (non-hydrogen) atoms. The number of rotatable bonds is 6. The van der Waals surface area contributed by atoms with Crippen molar-refractivity contribution in [2.24, 2.45) is 0 Å². The number of carbonyl (C=O) groups excluding carboxylic acids is 1. The lowest BCUT2D eigenvalue weighted by Crippen LogP contribution is -2.55. The van der Waals surface area contributed by atoms with Gasteiger partial charge >= 0.3 is 5.97 Å². The van der Waals surface area contributed by atoms with E-state index >= 15 is 0 Å². The van der Waals surface area contributed by atoms with E-state index in [0.717, 1.165) is 19.3 Å². The van der Waals surface area contributed by atoms with Gasteiger partial charge in [-0.3, -0.25) is 9.69 Å². The Kier molecular flexibility index (Phi) is 4.29. The fourth-order valence-corrected chi connectivity index (χ4v) is 4.29. The number of amides is 1. The van der Waals surface area contributed by atoms with E-state index in [4.69, 9.17) is 9.29 Å². The van der Waals surface area contributed by atoms with Crippen molar-refractivity contribution >= 4 is 23.1 Å². The van der Waals surface area contributed by atoms with Crippen LogP contribution in [0.1, 0.15) is 32.6 Å². The van der Waals surface area contributed by atoms with E-state index in [0.29, 0.717) is 18.8 Å². The van der Waals surface area contributed by atoms with Crippen LogP contribution in [-0.4, -0.2) is 39.6 Å². The van der Waals surface area contributed by atoms with Crippen molar-refractivity contribution in [2.45, 2.75) is 38.0 Å². The van der Waals surface area contributed by atoms with E-state index in [1.54, 1.807) is 6.08 Å². The van der Waals surface area contributed by atoms with Crippen LogP contribution in [0, 0.1) is 0 Å². The first-order valence-electron chi connectivity index (χ1n) is 6.30. The van der Waals surface area contributed by atoms with Crippen LogP contribution in [0.2, 0.25) is 0 Å². The average molecular weight is 273 g/mol. The molecule has 2 atom stereocenters. The minimum Gasteiger partial charge on any atom is -0.477 e. The Balaban J connectivity index is 1.92. The second-order valence-corrected chi connectivity index (χ2v) is 6.54. The van der Waals surface area contributed by atoms with Crippen LogP contribution in [0.3, 0.4) is 0 Å². The molecule has 0 aromatic rings. The SMILES string of the molecule is CCCCCO[SH]1CC=C(C(=O)O)N2C(=O)CC21. The van der Waals surface area contributed by atoms with Crippen LogP contribution >= 0.6 is 11.2 Å². The molecule has 0 spiro atoms. The summed E-state index contributed by atoms with van der Waals surface area (Å²) in [6, 6.07) is 0. The zero-order valence-electron chi connectivity index (χ0n) is 10.5. The first-order chi connectivity index (χ1) is 8.65. The highest BCUT2D eigenvalue weighted by Gasteiger charge is 2.46. The van der Waals surface area contributed by atoms with Gasteiger partial charge in [0.25, 0.3) is 0 Å². The summed E-state index contributed by atoms with van der Waals surface area (Å²) in [5, 5.41) is 9.01. The molecule has 0 bridgehead atoms. The molecule has 0 aromatic carbocycles. The zero-order chi connectivity index (χ0) is 13.1. The minimum absolute atomic E-state index is 0.00905. The molecule has 2 unspecified atom stereocenters. The van der Waals surface area contributed by atoms with E-state index in [9.17, 15) is 9.59 Å². The van der Waals surface area contributed by atoms with Gasteiger partial charge in [0.1, 0.15) is 5.70 Å². The average Bonchev–Trinajstić information content (AvgIpc) is 2.33. The summed E-state index contributed by atoms with van der Waals surface area (Å²) in [6.45, 7) is 2.86. The van der Waals surface area contributed by atoms with Gasteiger partial charge in [-0.05, 0) is 12.5 Å². The first kappa shape index (κ1) is 13.4. The molecule has 6 heteroatoms. The number of carboxylic acids is 1. The van der Waals surface area contributed by atoms with E-state index in [2.05, 4.69) is 6.92 Å². The molecule has 0 aliphatic carbocycles. The molecule has 0 aromatic heterocycles. The number of unbranched alkanes of at least 4 members (excludes halogenated alkanes) is 2. The summed E-state index contributed by atoms with van der Waals surface area (Å²) < 4.78 is 5.83. The molecule has 1 N–H and O–H groups in total. The highest BCUT2D eigenvalue weighted by Crippen LogP contribution is 2.47. The zero-order valence-corrected chi connectivity index (χ0v) is 11.4. The van der Waals surface area contributed by atoms with Crippen molar-refractivity contribution in [2.75, 3.05) is 12.4 Å². The Bertz CT molecular complexity index is 382. The maximum Gasteiger partial charge on any atom is 0.352 e. The number of thiol groups is 1. The fraction of sp³-hybridized carbons (Fsp3) is 0.667. The van der Waals surface area contributed by atoms with Crippen LogP contribution < -0.4 is 0 Å². The number of hydrogen-bond acceptors (Lipinski definition) is 3. The van der Waals surface area contributed by atoms with Crippen LogP contribution in [0.4, 0.5) is 0 Å². The Labute approximate surface area is 109 Å². The molecule has 2 aliphatic heterocycles. The predicted octanol–water partition coefficient (Wildman–Crippen LogP) is 1.65. The normalized spacial score (nSPS) is 28.4. The highest BCUT2D eigenvalue weighted by atomic mass is 32.2. The molecule has 1 saturated heterocycles. The van der Waals surface area contributed by atoms with Crippen LogP contribution in [0.5, 0.6) is 0 Å². The van der Waals surface area contributed by atoms with Crippen LogP contribution in [0.25, 0.3) is 0 Å². The summed E-state index contributed by atoms with van der Waals surface area (Å²) in [7, 11) is 0. The van der Waals surface area contributed by atoms with Crippen molar-refractivity contribution in [3.05, 3.63) is 11.8 Å². The number of hydrogen-bond donors (Lipinski definition) is 2. The van der Waals surface area contributed by atoms with E-state index in [1.165, 1.54) is 4.90 Å². The van der Waals surface area contributed by atoms with Gasteiger partial charge in [0.2, 0.25) is 5.91 Å². The van der Waals surface area contributed by atoms with Gasteiger partial charge < -0.3 is 9.29 Å². The monoisotopic (exact) mass is 273 g/mol. The summed E-state index contributed by atoms with van der Waals surface area (Å²) in [4.78, 5) is 23.9. The molecular formula is C12H19NO4S. The van der Waals surface area contributed by atoms with Gasteiger partial charge in [-0.1, -0.05) is 19.8 Å². The first-order valence-corrected chi connectivity index (χ1v) is 7.81. The highest BCUT2D eigenvalue weighted by molar-refractivity contribution is 8.13. The topological polar surface area (TPSA) is 66.8 Å². The maximum absolute atomic E-state index is 11.5. The van der Waals surface area contributed by atoms with Gasteiger partial charge in [-0.15, -0.1) is 11.2 Å². The Morgan fingerprint density at radius 2 is 2.39 bits per heavy atom. The molecule has 2 aliphatic rings. The molecule has 0 radical (unpaired) electrons. The standard InChI is InChI=1S/C12H19NO4S/c1-2-3-4-6-17-18-7-5-9(12(15)16)13-10(14)8-11(13)18/h5,11,18H,2-4,6-8H2,1H3,(H,15,16). The molecule has 102 valence electrons. The third kappa shape index (κ3) is 2.54. The largest absolute Gasteiger partial charge is 0.477 e. The summed E-state index contributed by atoms with van der Waals surface area (Å²) in [6.07, 6.45) is 5.39. The van der Waals surface area contributed by atoms with Gasteiger partial charge in [0, 0.05) is 5.75 Å². The van der Waals surface area contributed by atoms with Gasteiger partial charge in [0.05, 0.1) is 18.4 Å². The molecule has 1 fully saturated rings. The maximum atomic E-state index is 11.5. The molecular weight excluding hydrogens is 254 g/mol. The molecule has 5 nitrogen and oxygen atoms in total. The third-order valence-corrected chi connectivity index (χ3v) is 5.34. The molecule has 1 amide bonds. The summed E-state index contributed by atoms with van der Waals surface area (Å²) in [5.41, 5.74) is 0.132. The van der Waals surface area contributed by atoms with Crippen molar-refractivity contribution in [3.63, 3.8) is 0 Å². The number of β-lactam (4-membered cyclic amide) rings is 1. The molecule has 2 rings (SSSR count). The second kappa shape index (κ2) is 5.75. The number of aliphatic carboxylic acids is 1. The second-order valence-electron chi connectivity index (χ2n) is 4.48. The Morgan fingerprint density at radius 3 is 3.00 bits per heavy atom. The smallest absolute Gasteiger partial charge is 0.352 e. The number of carbonyl (C=O) groups is 2. The van der Waals surface area contributed by atoms with E-state index in [-0.39, 0.29) is 17.0 Å². The van der Waals surface area contributed by atoms with Crippen molar-refractivity contribution in [3.8, 4) is 0 Å². The van der Waals surface area contributed by atoms with Gasteiger partial charge in [-0.25, -0.2) is 4.79 Å². The number of fused-ring (bicyclic) bond motifs is 1. The van der Waals surface area contributed by atoms with Crippen molar-refractivity contribution < 1.29 is 18.9 Å². The Morgan fingerprint density at radius 1 is 1.61 bits per heavy atom. The predicted molar refractivity (Wildman–Crippen MR) is 70.3 cm³/mol. The lowest BCUT2D eigenvalue weighted by molar-refractivity contribution is -0.146. The lowest BCUT2D eigenvalue weighted by atomic mass is 10.1. The fourth-order valence-electron chi connectivity index (χ4n) is 2.18. The summed E-state index contributed by atoms with van der Waals surface area (Å²) in [5.74, 6) is -0.468. The van der Waals surface area contributed by atoms with Crippen molar-refractivity contribution in [1.82, 2.24) is 4.90 Å². The Hall–Kier alpha value is -1.01. The quantitative estimate of drug-likeness (QED) is 0.439. The number of nitrogens with zero attached hydrogens (tertiary/aromatic N) is 1.